The summed E-state index contributed by atoms with van der Waals surface area (Å²) in [6.07, 6.45) is 8.66. The van der Waals surface area contributed by atoms with E-state index < -0.39 is 10.8 Å². The predicted molar refractivity (Wildman–Crippen MR) is 95.8 cm³/mol. The highest BCUT2D eigenvalue weighted by Gasteiger charge is 2.55. The highest BCUT2D eigenvalue weighted by atomic mass is 32.2. The van der Waals surface area contributed by atoms with Gasteiger partial charge in [-0.15, -0.1) is 0 Å². The van der Waals surface area contributed by atoms with E-state index in [-0.39, 0.29) is 10.9 Å². The number of nitriles is 1. The summed E-state index contributed by atoms with van der Waals surface area (Å²) in [4.78, 5) is 8.27. The maximum absolute atomic E-state index is 11.6. The van der Waals surface area contributed by atoms with Crippen LogP contribution in [0.3, 0.4) is 0 Å². The van der Waals surface area contributed by atoms with Crippen LogP contribution < -0.4 is 5.32 Å². The molecule has 1 spiro atoms. The first-order chi connectivity index (χ1) is 12.6. The van der Waals surface area contributed by atoms with Crippen molar-refractivity contribution in [3.63, 3.8) is 0 Å². The summed E-state index contributed by atoms with van der Waals surface area (Å²) >= 11 is 0. The first-order valence-corrected chi connectivity index (χ1v) is 10.8. The number of anilines is 1. The molecular weight excluding hydrogens is 352 g/mol. The van der Waals surface area contributed by atoms with Gasteiger partial charge in [-0.1, -0.05) is 6.42 Å². The molecule has 0 radical (unpaired) electrons. The molecule has 2 saturated carbocycles. The molecule has 26 heavy (non-hydrogen) atoms. The average Bonchev–Trinajstić information content (AvgIpc) is 3.09. The lowest BCUT2D eigenvalue weighted by molar-refractivity contribution is -0.265. The third-order valence-corrected chi connectivity index (χ3v) is 6.63. The topological polar surface area (TPSA) is 97.1 Å². The van der Waals surface area contributed by atoms with E-state index in [4.69, 9.17) is 9.47 Å². The summed E-state index contributed by atoms with van der Waals surface area (Å²) in [5.41, 5.74) is 0.383. The molecule has 2 aliphatic carbocycles. The Morgan fingerprint density at radius 1 is 1.35 bits per heavy atom. The van der Waals surface area contributed by atoms with E-state index in [1.54, 1.807) is 0 Å². The summed E-state index contributed by atoms with van der Waals surface area (Å²) in [6, 6.07) is 2.10. The van der Waals surface area contributed by atoms with Gasteiger partial charge in [-0.05, 0) is 31.6 Å². The van der Waals surface area contributed by atoms with Gasteiger partial charge in [0, 0.05) is 24.6 Å². The van der Waals surface area contributed by atoms with Crippen LogP contribution in [0.1, 0.15) is 37.7 Å². The van der Waals surface area contributed by atoms with E-state index in [1.807, 2.05) is 0 Å². The van der Waals surface area contributed by atoms with Crippen molar-refractivity contribution in [3.05, 3.63) is 11.8 Å². The van der Waals surface area contributed by atoms with Gasteiger partial charge >= 0.3 is 0 Å². The van der Waals surface area contributed by atoms with E-state index in [0.717, 1.165) is 32.2 Å². The first-order valence-electron chi connectivity index (χ1n) is 9.24. The molecule has 1 saturated heterocycles. The fourth-order valence-corrected chi connectivity index (χ4v) is 5.28. The Labute approximate surface area is 156 Å². The van der Waals surface area contributed by atoms with Gasteiger partial charge in [-0.2, -0.15) is 5.26 Å². The van der Waals surface area contributed by atoms with Crippen LogP contribution in [0.4, 0.5) is 5.82 Å². The molecule has 1 aromatic heterocycles. The summed E-state index contributed by atoms with van der Waals surface area (Å²) in [7, 11) is -1.27. The Hall–Kier alpha value is -1.56. The second-order valence-electron chi connectivity index (χ2n) is 7.44. The van der Waals surface area contributed by atoms with Gasteiger partial charge in [-0.25, -0.2) is 9.97 Å². The molecule has 1 aromatic rings. The highest BCUT2D eigenvalue weighted by molar-refractivity contribution is 7.84. The van der Waals surface area contributed by atoms with Crippen LogP contribution in [0.15, 0.2) is 11.4 Å². The molecular formula is C18H24N4O3S. The molecule has 4 atom stereocenters. The maximum Gasteiger partial charge on any atom is 0.220 e. The molecule has 8 heteroatoms. The van der Waals surface area contributed by atoms with Crippen LogP contribution in [0, 0.1) is 29.1 Å². The summed E-state index contributed by atoms with van der Waals surface area (Å²) in [5, 5.41) is 12.8. The molecule has 2 heterocycles. The lowest BCUT2D eigenvalue weighted by atomic mass is 9.63. The zero-order valence-electron chi connectivity index (χ0n) is 14.9. The Bertz CT molecular complexity index is 728. The monoisotopic (exact) mass is 376 g/mol. The molecule has 1 N–H and O–H groups in total. The van der Waals surface area contributed by atoms with Gasteiger partial charge in [0.25, 0.3) is 0 Å². The Morgan fingerprint density at radius 3 is 2.65 bits per heavy atom. The van der Waals surface area contributed by atoms with Crippen LogP contribution >= 0.6 is 0 Å². The van der Waals surface area contributed by atoms with Gasteiger partial charge in [0.1, 0.15) is 17.5 Å². The van der Waals surface area contributed by atoms with Gasteiger partial charge in [0.15, 0.2) is 5.79 Å². The van der Waals surface area contributed by atoms with Crippen LogP contribution in [0.2, 0.25) is 0 Å². The molecule has 7 nitrogen and oxygen atoms in total. The van der Waals surface area contributed by atoms with Crippen LogP contribution in [0.5, 0.6) is 0 Å². The standard InChI is InChI=1S/C18H24N4O3S/c1-26(23)17-21-11-13(9-19)16(22-17)20-10-12-7-14-3-2-4-15(8-12)18(14)24-5-6-25-18/h11-12,14-15H,2-8,10H2,1H3,(H,20,21,22)/t12?,14-,15+,26?. The van der Waals surface area contributed by atoms with Gasteiger partial charge < -0.3 is 14.8 Å². The van der Waals surface area contributed by atoms with Crippen molar-refractivity contribution in [2.24, 2.45) is 17.8 Å². The molecule has 0 amide bonds. The minimum absolute atomic E-state index is 0.249. The lowest BCUT2D eigenvalue weighted by Crippen LogP contribution is -2.54. The van der Waals surface area contributed by atoms with Crippen molar-refractivity contribution in [1.29, 1.82) is 5.26 Å². The molecule has 140 valence electrons. The van der Waals surface area contributed by atoms with Gasteiger partial charge in [0.2, 0.25) is 5.16 Å². The SMILES string of the molecule is CS(=O)c1ncc(C#N)c(NCC2C[C@H]3CCC[C@@H](C2)C32OCCO2)n1. The largest absolute Gasteiger partial charge is 0.369 e. The van der Waals surface area contributed by atoms with Gasteiger partial charge in [0.05, 0.1) is 30.2 Å². The van der Waals surface area contributed by atoms with E-state index in [1.165, 1.54) is 18.9 Å². The Balaban J connectivity index is 1.46. The van der Waals surface area contributed by atoms with Crippen molar-refractivity contribution < 1.29 is 13.7 Å². The summed E-state index contributed by atoms with van der Waals surface area (Å²) in [6.45, 7) is 2.16. The van der Waals surface area contributed by atoms with E-state index in [0.29, 0.717) is 42.3 Å². The predicted octanol–water partition coefficient (Wildman–Crippen LogP) is 2.07. The van der Waals surface area contributed by atoms with Crippen LogP contribution in [-0.2, 0) is 20.3 Å². The zero-order chi connectivity index (χ0) is 18.1. The molecule has 0 aromatic carbocycles. The van der Waals surface area contributed by atoms with E-state index in [2.05, 4.69) is 21.4 Å². The third-order valence-electron chi connectivity index (χ3n) is 5.92. The number of hydrogen-bond acceptors (Lipinski definition) is 7. The molecule has 2 unspecified atom stereocenters. The first kappa shape index (κ1) is 17.8. The number of aromatic nitrogens is 2. The normalized spacial score (nSPS) is 30.7. The molecule has 2 bridgehead atoms. The average molecular weight is 376 g/mol. The quantitative estimate of drug-likeness (QED) is 0.803. The minimum atomic E-state index is -1.27. The van der Waals surface area contributed by atoms with Crippen molar-refractivity contribution in [3.8, 4) is 6.07 Å². The lowest BCUT2D eigenvalue weighted by Gasteiger charge is -2.51. The van der Waals surface area contributed by atoms with E-state index >= 15 is 0 Å². The molecule has 4 rings (SSSR count). The third kappa shape index (κ3) is 3.13. The fourth-order valence-electron chi connectivity index (χ4n) is 4.86. The minimum Gasteiger partial charge on any atom is -0.369 e. The van der Waals surface area contributed by atoms with E-state index in [9.17, 15) is 9.47 Å². The number of nitrogens with zero attached hydrogens (tertiary/aromatic N) is 3. The number of ether oxygens (including phenoxy) is 2. The second kappa shape index (κ2) is 7.22. The van der Waals surface area contributed by atoms with Crippen molar-refractivity contribution in [1.82, 2.24) is 9.97 Å². The Kier molecular flexibility index (Phi) is 4.95. The molecule has 1 aliphatic heterocycles. The summed E-state index contributed by atoms with van der Waals surface area (Å²) < 4.78 is 23.8. The van der Waals surface area contributed by atoms with Gasteiger partial charge in [-0.3, -0.25) is 4.21 Å². The van der Waals surface area contributed by atoms with Crippen molar-refractivity contribution in [2.75, 3.05) is 31.3 Å². The zero-order valence-corrected chi connectivity index (χ0v) is 15.8. The number of nitrogens with one attached hydrogen (secondary N) is 1. The number of rotatable bonds is 4. The van der Waals surface area contributed by atoms with Crippen molar-refractivity contribution in [2.45, 2.75) is 43.0 Å². The molecule has 3 aliphatic rings. The van der Waals surface area contributed by atoms with Crippen molar-refractivity contribution >= 4 is 16.6 Å². The van der Waals surface area contributed by atoms with Crippen LogP contribution in [0.25, 0.3) is 0 Å². The number of hydrogen-bond donors (Lipinski definition) is 1. The highest BCUT2D eigenvalue weighted by Crippen LogP contribution is 2.53. The fraction of sp³-hybridized carbons (Fsp3) is 0.722. The molecule has 3 fully saturated rings. The maximum atomic E-state index is 11.6. The second-order valence-corrected chi connectivity index (χ2v) is 8.72. The van der Waals surface area contributed by atoms with Crippen LogP contribution in [-0.4, -0.2) is 46.0 Å². The summed E-state index contributed by atoms with van der Waals surface area (Å²) in [5.74, 6) is 1.52. The smallest absolute Gasteiger partial charge is 0.220 e. The Morgan fingerprint density at radius 2 is 2.04 bits per heavy atom.